The molecule has 6 nitrogen and oxygen atoms in total. The lowest BCUT2D eigenvalue weighted by molar-refractivity contribution is 0.187. The summed E-state index contributed by atoms with van der Waals surface area (Å²) in [6, 6.07) is 17.9. The second kappa shape index (κ2) is 10.8. The van der Waals surface area contributed by atoms with Crippen LogP contribution in [0.3, 0.4) is 0 Å². The molecule has 0 unspecified atom stereocenters. The SMILES string of the molecule is CC[C@H](C)N(Cc1c(-c2ccccc2)noc1N1CCSCC1)C(=O)Nc1ccc(C)cc1. The molecule has 0 saturated carbocycles. The van der Waals surface area contributed by atoms with E-state index in [1.807, 2.05) is 78.2 Å². The van der Waals surface area contributed by atoms with Gasteiger partial charge in [0, 0.05) is 41.9 Å². The number of hydrogen-bond donors (Lipinski definition) is 1. The van der Waals surface area contributed by atoms with Gasteiger partial charge in [0.25, 0.3) is 0 Å². The maximum Gasteiger partial charge on any atom is 0.322 e. The van der Waals surface area contributed by atoms with E-state index in [1.165, 1.54) is 0 Å². The Hall–Kier alpha value is -2.93. The van der Waals surface area contributed by atoms with Crippen LogP contribution in [-0.4, -0.2) is 46.7 Å². The van der Waals surface area contributed by atoms with Crippen LogP contribution in [0.25, 0.3) is 11.3 Å². The van der Waals surface area contributed by atoms with Crippen LogP contribution in [0.1, 0.15) is 31.4 Å². The molecule has 2 aromatic carbocycles. The number of nitrogens with one attached hydrogen (secondary N) is 1. The first-order chi connectivity index (χ1) is 16.1. The molecule has 2 heterocycles. The number of amides is 2. The third-order valence-corrected chi connectivity index (χ3v) is 7.07. The van der Waals surface area contributed by atoms with Crippen molar-refractivity contribution in [2.24, 2.45) is 0 Å². The number of anilines is 2. The average molecular weight is 465 g/mol. The van der Waals surface area contributed by atoms with E-state index in [9.17, 15) is 4.79 Å². The van der Waals surface area contributed by atoms with Crippen LogP contribution < -0.4 is 10.2 Å². The summed E-state index contributed by atoms with van der Waals surface area (Å²) in [5, 5.41) is 7.55. The average Bonchev–Trinajstić information content (AvgIpc) is 3.28. The highest BCUT2D eigenvalue weighted by molar-refractivity contribution is 7.99. The first-order valence-corrected chi connectivity index (χ1v) is 12.7. The predicted octanol–water partition coefficient (Wildman–Crippen LogP) is 6.04. The molecule has 0 radical (unpaired) electrons. The molecule has 0 bridgehead atoms. The van der Waals surface area contributed by atoms with Gasteiger partial charge < -0.3 is 19.6 Å². The van der Waals surface area contributed by atoms with Crippen molar-refractivity contribution in [3.8, 4) is 11.3 Å². The minimum Gasteiger partial charge on any atom is -0.339 e. The zero-order valence-electron chi connectivity index (χ0n) is 19.6. The van der Waals surface area contributed by atoms with E-state index in [-0.39, 0.29) is 12.1 Å². The summed E-state index contributed by atoms with van der Waals surface area (Å²) >= 11 is 1.95. The zero-order chi connectivity index (χ0) is 23.2. The topological polar surface area (TPSA) is 61.6 Å². The molecule has 0 spiro atoms. The fourth-order valence-electron chi connectivity index (χ4n) is 3.93. The molecule has 1 fully saturated rings. The Morgan fingerprint density at radius 3 is 2.52 bits per heavy atom. The summed E-state index contributed by atoms with van der Waals surface area (Å²) in [5.74, 6) is 2.90. The van der Waals surface area contributed by atoms with Crippen molar-refractivity contribution in [1.82, 2.24) is 10.1 Å². The van der Waals surface area contributed by atoms with Crippen LogP contribution in [0, 0.1) is 6.92 Å². The lowest BCUT2D eigenvalue weighted by Crippen LogP contribution is -2.41. The number of hydrogen-bond acceptors (Lipinski definition) is 5. The summed E-state index contributed by atoms with van der Waals surface area (Å²) in [6.07, 6.45) is 0.850. The molecule has 174 valence electrons. The van der Waals surface area contributed by atoms with Gasteiger partial charge in [0.05, 0.1) is 12.1 Å². The molecule has 1 atom stereocenters. The summed E-state index contributed by atoms with van der Waals surface area (Å²) in [5.41, 5.74) is 4.72. The normalized spacial score (nSPS) is 14.7. The van der Waals surface area contributed by atoms with E-state index in [2.05, 4.69) is 29.2 Å². The van der Waals surface area contributed by atoms with Crippen LogP contribution in [-0.2, 0) is 6.54 Å². The van der Waals surface area contributed by atoms with E-state index in [0.717, 1.165) is 65.0 Å². The van der Waals surface area contributed by atoms with Gasteiger partial charge in [-0.3, -0.25) is 0 Å². The fourth-order valence-corrected chi connectivity index (χ4v) is 4.83. The summed E-state index contributed by atoms with van der Waals surface area (Å²) in [7, 11) is 0. The molecule has 1 N–H and O–H groups in total. The molecule has 1 aromatic heterocycles. The van der Waals surface area contributed by atoms with Crippen LogP contribution in [0.15, 0.2) is 59.1 Å². The van der Waals surface area contributed by atoms with E-state index >= 15 is 0 Å². The number of carbonyl (C=O) groups is 1. The molecule has 2 amide bonds. The Kier molecular flexibility index (Phi) is 7.60. The number of rotatable bonds is 7. The van der Waals surface area contributed by atoms with E-state index in [0.29, 0.717) is 6.54 Å². The van der Waals surface area contributed by atoms with Crippen molar-refractivity contribution in [2.75, 3.05) is 34.8 Å². The van der Waals surface area contributed by atoms with Crippen molar-refractivity contribution in [1.29, 1.82) is 0 Å². The maximum atomic E-state index is 13.4. The number of benzene rings is 2. The third kappa shape index (κ3) is 5.53. The summed E-state index contributed by atoms with van der Waals surface area (Å²) < 4.78 is 5.92. The minimum atomic E-state index is -0.117. The lowest BCUT2D eigenvalue weighted by Gasteiger charge is -2.31. The fraction of sp³-hybridized carbons (Fsp3) is 0.385. The van der Waals surface area contributed by atoms with Crippen molar-refractivity contribution in [3.63, 3.8) is 0 Å². The number of carbonyl (C=O) groups excluding carboxylic acids is 1. The van der Waals surface area contributed by atoms with E-state index in [4.69, 9.17) is 4.52 Å². The van der Waals surface area contributed by atoms with Gasteiger partial charge in [-0.15, -0.1) is 0 Å². The molecule has 4 rings (SSSR count). The molecule has 1 saturated heterocycles. The second-order valence-electron chi connectivity index (χ2n) is 8.46. The first-order valence-electron chi connectivity index (χ1n) is 11.6. The third-order valence-electron chi connectivity index (χ3n) is 6.13. The minimum absolute atomic E-state index is 0.0544. The zero-order valence-corrected chi connectivity index (χ0v) is 20.4. The Morgan fingerprint density at radius 1 is 1.15 bits per heavy atom. The highest BCUT2D eigenvalue weighted by Gasteiger charge is 2.28. The van der Waals surface area contributed by atoms with Gasteiger partial charge in [-0.1, -0.05) is 60.1 Å². The van der Waals surface area contributed by atoms with Crippen LogP contribution in [0.5, 0.6) is 0 Å². The molecular formula is C26H32N4O2S. The van der Waals surface area contributed by atoms with Crippen LogP contribution in [0.2, 0.25) is 0 Å². The summed E-state index contributed by atoms with van der Waals surface area (Å²) in [6.45, 7) is 8.49. The first kappa shape index (κ1) is 23.2. The molecule has 7 heteroatoms. The quantitative estimate of drug-likeness (QED) is 0.462. The van der Waals surface area contributed by atoms with Gasteiger partial charge in [-0.2, -0.15) is 11.8 Å². The smallest absolute Gasteiger partial charge is 0.322 e. The summed E-state index contributed by atoms with van der Waals surface area (Å²) in [4.78, 5) is 17.6. The lowest BCUT2D eigenvalue weighted by atomic mass is 10.1. The van der Waals surface area contributed by atoms with E-state index < -0.39 is 0 Å². The van der Waals surface area contributed by atoms with Gasteiger partial charge in [0.2, 0.25) is 5.88 Å². The van der Waals surface area contributed by atoms with Gasteiger partial charge >= 0.3 is 6.03 Å². The van der Waals surface area contributed by atoms with Crippen molar-refractivity contribution in [3.05, 3.63) is 65.7 Å². The Morgan fingerprint density at radius 2 is 1.85 bits per heavy atom. The molecule has 33 heavy (non-hydrogen) atoms. The largest absolute Gasteiger partial charge is 0.339 e. The van der Waals surface area contributed by atoms with E-state index in [1.54, 1.807) is 0 Å². The second-order valence-corrected chi connectivity index (χ2v) is 9.69. The number of thioether (sulfide) groups is 1. The molecular weight excluding hydrogens is 432 g/mol. The predicted molar refractivity (Wildman–Crippen MR) is 137 cm³/mol. The number of aromatic nitrogens is 1. The highest BCUT2D eigenvalue weighted by atomic mass is 32.2. The van der Waals surface area contributed by atoms with Crippen LogP contribution in [0.4, 0.5) is 16.4 Å². The Bertz CT molecular complexity index is 1050. The van der Waals surface area contributed by atoms with Gasteiger partial charge in [0.15, 0.2) is 0 Å². The Balaban J connectivity index is 1.67. The maximum absolute atomic E-state index is 13.4. The monoisotopic (exact) mass is 464 g/mol. The van der Waals surface area contributed by atoms with Gasteiger partial charge in [-0.25, -0.2) is 4.79 Å². The molecule has 1 aliphatic rings. The van der Waals surface area contributed by atoms with Crippen molar-refractivity contribution < 1.29 is 9.32 Å². The number of nitrogens with zero attached hydrogens (tertiary/aromatic N) is 3. The number of aryl methyl sites for hydroxylation is 1. The van der Waals surface area contributed by atoms with Crippen LogP contribution >= 0.6 is 11.8 Å². The van der Waals surface area contributed by atoms with Crippen molar-refractivity contribution >= 4 is 29.4 Å². The number of urea groups is 1. The molecule has 3 aromatic rings. The molecule has 1 aliphatic heterocycles. The Labute approximate surface area is 200 Å². The highest BCUT2D eigenvalue weighted by Crippen LogP contribution is 2.34. The standard InChI is InChI=1S/C26H32N4O2S/c1-4-20(3)30(26(31)27-22-12-10-19(2)11-13-22)18-23-24(21-8-6-5-7-9-21)28-32-25(23)29-14-16-33-17-15-29/h5-13,20H,4,14-18H2,1-3H3,(H,27,31)/t20-/m0/s1. The molecule has 0 aliphatic carbocycles. The van der Waals surface area contributed by atoms with Gasteiger partial charge in [0.1, 0.15) is 5.69 Å². The van der Waals surface area contributed by atoms with Crippen molar-refractivity contribution in [2.45, 2.75) is 39.8 Å². The van der Waals surface area contributed by atoms with Gasteiger partial charge in [-0.05, 0) is 32.4 Å².